The topological polar surface area (TPSA) is 114 Å². The lowest BCUT2D eigenvalue weighted by atomic mass is 9.86. The second kappa shape index (κ2) is 10.8. The Kier molecular flexibility index (Phi) is 7.25. The van der Waals surface area contributed by atoms with Crippen molar-refractivity contribution in [2.24, 2.45) is 5.41 Å². The summed E-state index contributed by atoms with van der Waals surface area (Å²) in [6, 6.07) is 16.2. The fourth-order valence-electron chi connectivity index (χ4n) is 4.70. The SMILES string of the molecule is CC(C)(C)[C@H](NC(=O)c1nn(Cc2ccc(F)cc2)c2ccccc12)C(=O)NCCn1cc2ncccc2c1O. The Balaban J connectivity index is 1.31. The van der Waals surface area contributed by atoms with Gasteiger partial charge in [-0.2, -0.15) is 5.10 Å². The standard InChI is InChI=1S/C30H31FN6O3/c1-30(2,3)26(28(39)33-15-16-36-18-23-21(29(36)40)8-6-14-32-23)34-27(38)25-22-7-4-5-9-24(22)37(35-25)17-19-10-12-20(31)13-11-19/h4-14,18,26,40H,15-17H2,1-3H3,(H,33,39)(H,34,38)/t26-/m1/s1. The lowest BCUT2D eigenvalue weighted by Gasteiger charge is -2.30. The monoisotopic (exact) mass is 542 g/mol. The molecule has 2 amide bonds. The Morgan fingerprint density at radius 3 is 2.48 bits per heavy atom. The Morgan fingerprint density at radius 2 is 1.75 bits per heavy atom. The Hall–Kier alpha value is -4.73. The number of carbonyl (C=O) groups is 2. The molecule has 3 aromatic heterocycles. The van der Waals surface area contributed by atoms with Gasteiger partial charge in [-0.1, -0.05) is 51.1 Å². The van der Waals surface area contributed by atoms with Gasteiger partial charge in [0, 0.05) is 30.9 Å². The summed E-state index contributed by atoms with van der Waals surface area (Å²) >= 11 is 0. The van der Waals surface area contributed by atoms with Crippen molar-refractivity contribution in [2.45, 2.75) is 39.9 Å². The zero-order valence-corrected chi connectivity index (χ0v) is 22.6. The van der Waals surface area contributed by atoms with Crippen LogP contribution in [0.1, 0.15) is 36.8 Å². The Bertz CT molecular complexity index is 1680. The van der Waals surface area contributed by atoms with Gasteiger partial charge < -0.3 is 20.3 Å². The van der Waals surface area contributed by atoms with E-state index in [1.54, 1.807) is 45.9 Å². The smallest absolute Gasteiger partial charge is 0.273 e. The number of para-hydroxylation sites is 1. The minimum absolute atomic E-state index is 0.0844. The van der Waals surface area contributed by atoms with Gasteiger partial charge in [0.1, 0.15) is 11.9 Å². The molecule has 0 unspecified atom stereocenters. The predicted molar refractivity (Wildman–Crippen MR) is 150 cm³/mol. The quantitative estimate of drug-likeness (QED) is 0.271. The molecule has 3 N–H and O–H groups in total. The van der Waals surface area contributed by atoms with Crippen molar-refractivity contribution in [1.82, 2.24) is 30.0 Å². The Morgan fingerprint density at radius 1 is 1.02 bits per heavy atom. The fourth-order valence-corrected chi connectivity index (χ4v) is 4.70. The third kappa shape index (κ3) is 5.51. The number of aromatic nitrogens is 4. The molecule has 0 saturated heterocycles. The highest BCUT2D eigenvalue weighted by molar-refractivity contribution is 6.06. The zero-order chi connectivity index (χ0) is 28.4. The van der Waals surface area contributed by atoms with Gasteiger partial charge in [0.25, 0.3) is 5.91 Å². The summed E-state index contributed by atoms with van der Waals surface area (Å²) in [4.78, 5) is 31.0. The number of halogens is 1. The van der Waals surface area contributed by atoms with E-state index in [0.717, 1.165) is 11.1 Å². The molecule has 3 heterocycles. The molecule has 206 valence electrons. The van der Waals surface area contributed by atoms with Crippen molar-refractivity contribution < 1.29 is 19.1 Å². The minimum atomic E-state index is -0.847. The van der Waals surface area contributed by atoms with E-state index in [-0.39, 0.29) is 29.8 Å². The average molecular weight is 543 g/mol. The maximum atomic E-state index is 13.5. The van der Waals surface area contributed by atoms with Gasteiger partial charge in [0.15, 0.2) is 5.69 Å². The van der Waals surface area contributed by atoms with E-state index in [0.29, 0.717) is 29.4 Å². The molecule has 40 heavy (non-hydrogen) atoms. The van der Waals surface area contributed by atoms with Gasteiger partial charge in [0.05, 0.1) is 23.0 Å². The van der Waals surface area contributed by atoms with E-state index in [2.05, 4.69) is 20.7 Å². The number of rotatable bonds is 8. The van der Waals surface area contributed by atoms with Crippen LogP contribution in [0.5, 0.6) is 5.88 Å². The van der Waals surface area contributed by atoms with E-state index in [1.807, 2.05) is 45.0 Å². The number of nitrogens with one attached hydrogen (secondary N) is 2. The normalized spacial score (nSPS) is 12.5. The third-order valence-electron chi connectivity index (χ3n) is 6.80. The molecule has 9 nitrogen and oxygen atoms in total. The molecule has 0 bridgehead atoms. The number of amides is 2. The molecule has 0 aliphatic rings. The van der Waals surface area contributed by atoms with Crippen LogP contribution in [0.15, 0.2) is 73.1 Å². The highest BCUT2D eigenvalue weighted by atomic mass is 19.1. The first kappa shape index (κ1) is 26.9. The van der Waals surface area contributed by atoms with Crippen LogP contribution in [-0.4, -0.2) is 48.8 Å². The van der Waals surface area contributed by atoms with Crippen molar-refractivity contribution >= 4 is 33.6 Å². The van der Waals surface area contributed by atoms with Gasteiger partial charge in [-0.05, 0) is 41.3 Å². The summed E-state index contributed by atoms with van der Waals surface area (Å²) in [5.41, 5.74) is 1.86. The minimum Gasteiger partial charge on any atom is -0.494 e. The highest BCUT2D eigenvalue weighted by Gasteiger charge is 2.34. The van der Waals surface area contributed by atoms with Gasteiger partial charge in [-0.25, -0.2) is 4.39 Å². The molecule has 0 fully saturated rings. The largest absolute Gasteiger partial charge is 0.494 e. The number of benzene rings is 2. The molecular weight excluding hydrogens is 511 g/mol. The van der Waals surface area contributed by atoms with Crippen LogP contribution in [0.3, 0.4) is 0 Å². The number of nitrogens with zero attached hydrogens (tertiary/aromatic N) is 4. The summed E-state index contributed by atoms with van der Waals surface area (Å²) in [6.07, 6.45) is 3.38. The molecule has 0 aliphatic heterocycles. The fraction of sp³-hybridized carbons (Fsp3) is 0.267. The maximum Gasteiger partial charge on any atom is 0.273 e. The summed E-state index contributed by atoms with van der Waals surface area (Å²) in [7, 11) is 0. The van der Waals surface area contributed by atoms with Crippen LogP contribution in [0.4, 0.5) is 4.39 Å². The van der Waals surface area contributed by atoms with Crippen molar-refractivity contribution in [3.8, 4) is 5.88 Å². The van der Waals surface area contributed by atoms with Crippen molar-refractivity contribution in [1.29, 1.82) is 0 Å². The zero-order valence-electron chi connectivity index (χ0n) is 22.6. The number of aromatic hydroxyl groups is 1. The summed E-state index contributed by atoms with van der Waals surface area (Å²) in [5, 5.41) is 22.1. The lowest BCUT2D eigenvalue weighted by molar-refractivity contribution is -0.125. The molecule has 1 atom stereocenters. The van der Waals surface area contributed by atoms with Gasteiger partial charge in [-0.3, -0.25) is 19.3 Å². The molecule has 2 aromatic carbocycles. The average Bonchev–Trinajstić information content (AvgIpc) is 3.45. The summed E-state index contributed by atoms with van der Waals surface area (Å²) < 4.78 is 16.7. The number of fused-ring (bicyclic) bond motifs is 2. The molecule has 5 aromatic rings. The van der Waals surface area contributed by atoms with E-state index in [1.165, 1.54) is 12.1 Å². The molecule has 0 spiro atoms. The van der Waals surface area contributed by atoms with Crippen LogP contribution in [0.25, 0.3) is 21.8 Å². The van der Waals surface area contributed by atoms with E-state index in [9.17, 15) is 19.1 Å². The molecule has 0 saturated carbocycles. The van der Waals surface area contributed by atoms with Crippen LogP contribution < -0.4 is 10.6 Å². The number of hydrogen-bond donors (Lipinski definition) is 3. The van der Waals surface area contributed by atoms with Gasteiger partial charge in [-0.15, -0.1) is 0 Å². The molecule has 10 heteroatoms. The van der Waals surface area contributed by atoms with Crippen molar-refractivity contribution in [3.05, 3.63) is 90.1 Å². The van der Waals surface area contributed by atoms with Crippen molar-refractivity contribution in [3.63, 3.8) is 0 Å². The number of pyridine rings is 1. The second-order valence-electron chi connectivity index (χ2n) is 10.8. The second-order valence-corrected chi connectivity index (χ2v) is 10.8. The van der Waals surface area contributed by atoms with Gasteiger partial charge >= 0.3 is 0 Å². The number of hydrogen-bond acceptors (Lipinski definition) is 5. The molecule has 5 rings (SSSR count). The van der Waals surface area contributed by atoms with Crippen LogP contribution in [-0.2, 0) is 17.9 Å². The van der Waals surface area contributed by atoms with Crippen LogP contribution >= 0.6 is 0 Å². The highest BCUT2D eigenvalue weighted by Crippen LogP contribution is 2.25. The summed E-state index contributed by atoms with van der Waals surface area (Å²) in [5.74, 6) is -1.05. The maximum absolute atomic E-state index is 13.5. The van der Waals surface area contributed by atoms with Gasteiger partial charge in [0.2, 0.25) is 11.8 Å². The number of carbonyl (C=O) groups excluding carboxylic acids is 2. The Labute approximate surface area is 230 Å². The van der Waals surface area contributed by atoms with Crippen LogP contribution in [0, 0.1) is 11.2 Å². The first-order chi connectivity index (χ1) is 19.1. The molecular formula is C30H31FN6O3. The van der Waals surface area contributed by atoms with Crippen LogP contribution in [0.2, 0.25) is 0 Å². The summed E-state index contributed by atoms with van der Waals surface area (Å²) in [6.45, 7) is 6.55. The lowest BCUT2D eigenvalue weighted by Crippen LogP contribution is -2.54. The predicted octanol–water partition coefficient (Wildman–Crippen LogP) is 4.24. The van der Waals surface area contributed by atoms with Crippen molar-refractivity contribution in [2.75, 3.05) is 6.54 Å². The first-order valence-electron chi connectivity index (χ1n) is 13.0. The van der Waals surface area contributed by atoms with E-state index < -0.39 is 17.4 Å². The first-order valence-corrected chi connectivity index (χ1v) is 13.0. The van der Waals surface area contributed by atoms with E-state index >= 15 is 0 Å². The molecule has 0 aliphatic carbocycles. The third-order valence-corrected chi connectivity index (χ3v) is 6.80. The van der Waals surface area contributed by atoms with E-state index in [4.69, 9.17) is 0 Å². The molecule has 0 radical (unpaired) electrons.